The highest BCUT2D eigenvalue weighted by atomic mass is 35.5. The van der Waals surface area contributed by atoms with E-state index in [2.05, 4.69) is 18.6 Å². The van der Waals surface area contributed by atoms with Gasteiger partial charge in [0, 0.05) is 0 Å². The Morgan fingerprint density at radius 3 is 2.24 bits per heavy atom. The van der Waals surface area contributed by atoms with E-state index in [1.807, 2.05) is 12.1 Å². The second-order valence-electron chi connectivity index (χ2n) is 5.33. The monoisotopic (exact) mass is 323 g/mol. The van der Waals surface area contributed by atoms with Crippen LogP contribution in [0.15, 0.2) is 53.4 Å². The van der Waals surface area contributed by atoms with E-state index < -0.39 is 10.0 Å². The van der Waals surface area contributed by atoms with Gasteiger partial charge < -0.3 is 0 Å². The van der Waals surface area contributed by atoms with Gasteiger partial charge in [-0.15, -0.1) is 0 Å². The molecule has 2 aromatic rings. The fourth-order valence-electron chi connectivity index (χ4n) is 2.02. The first kappa shape index (κ1) is 15.9. The molecule has 0 aliphatic carbocycles. The average molecular weight is 324 g/mol. The number of halogens is 1. The highest BCUT2D eigenvalue weighted by Crippen LogP contribution is 2.24. The van der Waals surface area contributed by atoms with Gasteiger partial charge in [-0.3, -0.25) is 4.72 Å². The Morgan fingerprint density at radius 1 is 1.05 bits per heavy atom. The van der Waals surface area contributed by atoms with Gasteiger partial charge in [0.2, 0.25) is 0 Å². The van der Waals surface area contributed by atoms with Crippen LogP contribution in [0.4, 0.5) is 5.69 Å². The first-order valence-corrected chi connectivity index (χ1v) is 8.61. The lowest BCUT2D eigenvalue weighted by Gasteiger charge is -2.10. The summed E-state index contributed by atoms with van der Waals surface area (Å²) in [7, 11) is -3.62. The first-order valence-electron chi connectivity index (χ1n) is 6.75. The Hall–Kier alpha value is -1.52. The molecule has 1 N–H and O–H groups in total. The van der Waals surface area contributed by atoms with Crippen LogP contribution in [0.1, 0.15) is 19.4 Å². The zero-order valence-electron chi connectivity index (χ0n) is 12.0. The molecule has 5 heteroatoms. The molecule has 0 atom stereocenters. The third-order valence-corrected chi connectivity index (χ3v) is 4.71. The maximum absolute atomic E-state index is 12.3. The predicted octanol–water partition coefficient (Wildman–Crippen LogP) is 4.34. The summed E-state index contributed by atoms with van der Waals surface area (Å²) in [5.41, 5.74) is 1.51. The van der Waals surface area contributed by atoms with Gasteiger partial charge in [-0.05, 0) is 42.2 Å². The summed E-state index contributed by atoms with van der Waals surface area (Å²) in [5, 5.41) is 0.373. The van der Waals surface area contributed by atoms with Crippen LogP contribution in [0, 0.1) is 5.92 Å². The van der Waals surface area contributed by atoms with Crippen molar-refractivity contribution in [2.24, 2.45) is 5.92 Å². The number of anilines is 1. The molecule has 3 nitrogen and oxygen atoms in total. The van der Waals surface area contributed by atoms with Gasteiger partial charge in [0.25, 0.3) is 10.0 Å². The number of sulfonamides is 1. The summed E-state index contributed by atoms with van der Waals surface area (Å²) in [4.78, 5) is 0.231. The molecule has 112 valence electrons. The number of benzene rings is 2. The van der Waals surface area contributed by atoms with Crippen molar-refractivity contribution in [2.75, 3.05) is 4.72 Å². The number of rotatable bonds is 5. The molecule has 2 rings (SSSR count). The van der Waals surface area contributed by atoms with Crippen molar-refractivity contribution in [1.82, 2.24) is 0 Å². The zero-order chi connectivity index (χ0) is 15.5. The fraction of sp³-hybridized carbons (Fsp3) is 0.250. The second-order valence-corrected chi connectivity index (χ2v) is 7.42. The van der Waals surface area contributed by atoms with Gasteiger partial charge in [0.15, 0.2) is 0 Å². The maximum Gasteiger partial charge on any atom is 0.261 e. The molecule has 2 aromatic carbocycles. The van der Waals surface area contributed by atoms with Crippen molar-refractivity contribution in [2.45, 2.75) is 25.2 Å². The molecule has 0 radical (unpaired) electrons. The third-order valence-electron chi connectivity index (χ3n) is 3.00. The van der Waals surface area contributed by atoms with Gasteiger partial charge in [-0.2, -0.15) is 0 Å². The van der Waals surface area contributed by atoms with Crippen LogP contribution >= 0.6 is 11.6 Å². The molecular formula is C16H18ClNO2S. The summed E-state index contributed by atoms with van der Waals surface area (Å²) in [5.74, 6) is 0.536. The maximum atomic E-state index is 12.3. The SMILES string of the molecule is CC(C)Cc1ccc(S(=O)(=O)Nc2ccccc2Cl)cc1. The van der Waals surface area contributed by atoms with Crippen LogP contribution in [-0.4, -0.2) is 8.42 Å². The standard InChI is InChI=1S/C16H18ClNO2S/c1-12(2)11-13-7-9-14(10-8-13)21(19,20)18-16-6-4-3-5-15(16)17/h3-10,12,18H,11H2,1-2H3. The van der Waals surface area contributed by atoms with Gasteiger partial charge in [0.05, 0.1) is 15.6 Å². The van der Waals surface area contributed by atoms with Crippen molar-refractivity contribution >= 4 is 27.3 Å². The summed E-state index contributed by atoms with van der Waals surface area (Å²) in [6.45, 7) is 4.26. The predicted molar refractivity (Wildman–Crippen MR) is 87.2 cm³/mol. The van der Waals surface area contributed by atoms with Crippen LogP contribution in [-0.2, 0) is 16.4 Å². The Labute approximate surface area is 131 Å². The molecule has 0 aliphatic rings. The minimum atomic E-state index is -3.62. The summed E-state index contributed by atoms with van der Waals surface area (Å²) >= 11 is 5.97. The van der Waals surface area contributed by atoms with E-state index in [1.165, 1.54) is 0 Å². The van der Waals surface area contributed by atoms with Gasteiger partial charge in [0.1, 0.15) is 0 Å². The van der Waals surface area contributed by atoms with E-state index in [9.17, 15) is 8.42 Å². The van der Waals surface area contributed by atoms with Crippen LogP contribution in [0.2, 0.25) is 5.02 Å². The Bertz CT molecular complexity index is 709. The largest absolute Gasteiger partial charge is 0.278 e. The number of nitrogens with one attached hydrogen (secondary N) is 1. The van der Waals surface area contributed by atoms with E-state index in [4.69, 9.17) is 11.6 Å². The topological polar surface area (TPSA) is 46.2 Å². The van der Waals surface area contributed by atoms with Gasteiger partial charge in [-0.1, -0.05) is 49.7 Å². The highest BCUT2D eigenvalue weighted by Gasteiger charge is 2.15. The van der Waals surface area contributed by atoms with Crippen molar-refractivity contribution < 1.29 is 8.42 Å². The molecule has 0 heterocycles. The van der Waals surface area contributed by atoms with E-state index in [1.54, 1.807) is 36.4 Å². The molecular weight excluding hydrogens is 306 g/mol. The summed E-state index contributed by atoms with van der Waals surface area (Å²) in [6.07, 6.45) is 0.929. The minimum Gasteiger partial charge on any atom is -0.278 e. The minimum absolute atomic E-state index is 0.231. The average Bonchev–Trinajstić information content (AvgIpc) is 2.41. The van der Waals surface area contributed by atoms with Crippen LogP contribution < -0.4 is 4.72 Å². The van der Waals surface area contributed by atoms with Crippen molar-refractivity contribution in [1.29, 1.82) is 0 Å². The number of hydrogen-bond acceptors (Lipinski definition) is 2. The first-order chi connectivity index (χ1) is 9.88. The van der Waals surface area contributed by atoms with E-state index >= 15 is 0 Å². The Balaban J connectivity index is 2.22. The van der Waals surface area contributed by atoms with Crippen molar-refractivity contribution in [3.8, 4) is 0 Å². The van der Waals surface area contributed by atoms with Gasteiger partial charge in [-0.25, -0.2) is 8.42 Å². The summed E-state index contributed by atoms with van der Waals surface area (Å²) < 4.78 is 27.1. The smallest absolute Gasteiger partial charge is 0.261 e. The Kier molecular flexibility index (Phi) is 4.91. The van der Waals surface area contributed by atoms with Crippen LogP contribution in [0.3, 0.4) is 0 Å². The molecule has 21 heavy (non-hydrogen) atoms. The number of hydrogen-bond donors (Lipinski definition) is 1. The summed E-state index contributed by atoms with van der Waals surface area (Å²) in [6, 6.07) is 13.7. The van der Waals surface area contributed by atoms with Crippen LogP contribution in [0.5, 0.6) is 0 Å². The lowest BCUT2D eigenvalue weighted by molar-refractivity contribution is 0.601. The van der Waals surface area contributed by atoms with E-state index in [-0.39, 0.29) is 4.90 Å². The molecule has 0 spiro atoms. The second kappa shape index (κ2) is 6.50. The zero-order valence-corrected chi connectivity index (χ0v) is 13.6. The Morgan fingerprint density at radius 2 is 1.67 bits per heavy atom. The normalized spacial score (nSPS) is 11.6. The lowest BCUT2D eigenvalue weighted by Crippen LogP contribution is -2.13. The highest BCUT2D eigenvalue weighted by molar-refractivity contribution is 7.92. The van der Waals surface area contributed by atoms with Crippen molar-refractivity contribution in [3.05, 3.63) is 59.1 Å². The molecule has 0 aliphatic heterocycles. The fourth-order valence-corrected chi connectivity index (χ4v) is 3.34. The molecule has 0 unspecified atom stereocenters. The van der Waals surface area contributed by atoms with E-state index in [0.29, 0.717) is 16.6 Å². The lowest BCUT2D eigenvalue weighted by atomic mass is 10.0. The van der Waals surface area contributed by atoms with Gasteiger partial charge >= 0.3 is 0 Å². The van der Waals surface area contributed by atoms with Crippen molar-refractivity contribution in [3.63, 3.8) is 0 Å². The third kappa shape index (κ3) is 4.22. The molecule has 0 bridgehead atoms. The molecule has 0 saturated carbocycles. The van der Waals surface area contributed by atoms with E-state index in [0.717, 1.165) is 12.0 Å². The quantitative estimate of drug-likeness (QED) is 0.889. The number of para-hydroxylation sites is 1. The molecule has 0 aromatic heterocycles. The van der Waals surface area contributed by atoms with Crippen LogP contribution in [0.25, 0.3) is 0 Å². The molecule has 0 amide bonds. The molecule has 0 fully saturated rings. The molecule has 0 saturated heterocycles.